The molecule has 33 heavy (non-hydrogen) atoms. The fraction of sp³-hybridized carbons (Fsp3) is 0.222. The van der Waals surface area contributed by atoms with Crippen molar-refractivity contribution < 1.29 is 28.1 Å². The Balaban J connectivity index is 2.01. The molecule has 0 fully saturated rings. The van der Waals surface area contributed by atoms with Crippen LogP contribution in [0.1, 0.15) is 18.1 Å². The summed E-state index contributed by atoms with van der Waals surface area (Å²) in [5, 5.41) is 0. The largest absolute Gasteiger partial charge is 0.497 e. The van der Waals surface area contributed by atoms with Crippen LogP contribution in [0.15, 0.2) is 66.7 Å². The van der Waals surface area contributed by atoms with E-state index < -0.39 is 5.97 Å². The van der Waals surface area contributed by atoms with Gasteiger partial charge in [-0.25, -0.2) is 9.18 Å². The predicted molar refractivity (Wildman–Crippen MR) is 126 cm³/mol. The summed E-state index contributed by atoms with van der Waals surface area (Å²) in [6.45, 7) is 5.74. The van der Waals surface area contributed by atoms with Gasteiger partial charge in [-0.1, -0.05) is 30.8 Å². The molecule has 0 aliphatic carbocycles. The monoisotopic (exact) mass is 450 g/mol. The highest BCUT2D eigenvalue weighted by Gasteiger charge is 2.17. The third-order valence-electron chi connectivity index (χ3n) is 5.09. The molecule has 0 radical (unpaired) electrons. The summed E-state index contributed by atoms with van der Waals surface area (Å²) in [6.07, 6.45) is 0. The molecule has 3 rings (SSSR count). The molecule has 0 heterocycles. The first-order valence-corrected chi connectivity index (χ1v) is 10.3. The normalized spacial score (nSPS) is 10.7. The minimum atomic E-state index is -0.511. The molecule has 0 atom stereocenters. The van der Waals surface area contributed by atoms with Gasteiger partial charge in [0.2, 0.25) is 0 Å². The zero-order valence-electron chi connectivity index (χ0n) is 19.2. The Morgan fingerprint density at radius 3 is 1.91 bits per heavy atom. The second-order valence-corrected chi connectivity index (χ2v) is 7.58. The van der Waals surface area contributed by atoms with Crippen LogP contribution in [0, 0.1) is 5.82 Å². The van der Waals surface area contributed by atoms with Crippen LogP contribution >= 0.6 is 0 Å². The summed E-state index contributed by atoms with van der Waals surface area (Å²) in [5.41, 5.74) is 4.77. The van der Waals surface area contributed by atoms with Gasteiger partial charge in [-0.3, -0.25) is 0 Å². The summed E-state index contributed by atoms with van der Waals surface area (Å²) >= 11 is 0. The van der Waals surface area contributed by atoms with Crippen molar-refractivity contribution in [3.8, 4) is 33.8 Å². The number of esters is 1. The van der Waals surface area contributed by atoms with Gasteiger partial charge < -0.3 is 18.9 Å². The zero-order valence-corrected chi connectivity index (χ0v) is 19.2. The van der Waals surface area contributed by atoms with Crippen molar-refractivity contribution in [1.82, 2.24) is 0 Å². The maximum atomic E-state index is 14.5. The molecular weight excluding hydrogens is 423 g/mol. The number of methoxy groups -OCH3 is 3. The Morgan fingerprint density at radius 1 is 0.848 bits per heavy atom. The maximum absolute atomic E-state index is 14.5. The molecule has 0 saturated heterocycles. The van der Waals surface area contributed by atoms with Gasteiger partial charge in [-0.2, -0.15) is 0 Å². The smallest absolute Gasteiger partial charge is 0.338 e. The Bertz CT molecular complexity index is 1120. The Hall–Kier alpha value is -3.48. The van der Waals surface area contributed by atoms with Crippen molar-refractivity contribution in [1.29, 1.82) is 0 Å². The number of carbonyl (C=O) groups is 1. The molecule has 3 aromatic rings. The fourth-order valence-electron chi connectivity index (χ4n) is 3.46. The first kappa shape index (κ1) is 24.2. The van der Waals surface area contributed by atoms with Gasteiger partial charge >= 0.3 is 5.97 Å². The number of halogens is 1. The standard InChI is InChI=1S/C27H27FO5/c1-17(2)27(29)33-26-21(15-30-3)12-20(13-22(26)16-31-4)18-6-8-19(9-7-18)24-11-10-23(32-5)14-25(24)28/h6-14H,1,15-16H2,2-5H3. The SMILES string of the molecule is C=C(C)C(=O)Oc1c(COC)cc(-c2ccc(-c3ccc(OC)cc3F)cc2)cc1COC. The molecule has 0 bridgehead atoms. The molecule has 0 amide bonds. The van der Waals surface area contributed by atoms with Crippen LogP contribution in [-0.4, -0.2) is 27.3 Å². The van der Waals surface area contributed by atoms with Crippen LogP contribution in [0.25, 0.3) is 22.3 Å². The molecule has 0 saturated carbocycles. The number of benzene rings is 3. The summed E-state index contributed by atoms with van der Waals surface area (Å²) in [5.74, 6) is 0.0166. The summed E-state index contributed by atoms with van der Waals surface area (Å²) in [6, 6.07) is 16.2. The van der Waals surface area contributed by atoms with Gasteiger partial charge in [0.15, 0.2) is 0 Å². The Labute approximate surface area is 193 Å². The zero-order chi connectivity index (χ0) is 24.0. The average molecular weight is 451 g/mol. The quantitative estimate of drug-likeness (QED) is 0.229. The fourth-order valence-corrected chi connectivity index (χ4v) is 3.46. The third kappa shape index (κ3) is 5.66. The minimum absolute atomic E-state index is 0.249. The predicted octanol–water partition coefficient (Wildman–Crippen LogP) is 5.94. The van der Waals surface area contributed by atoms with E-state index in [4.69, 9.17) is 18.9 Å². The lowest BCUT2D eigenvalue weighted by Gasteiger charge is -2.17. The summed E-state index contributed by atoms with van der Waals surface area (Å²) in [7, 11) is 4.65. The van der Waals surface area contributed by atoms with Crippen molar-refractivity contribution in [3.05, 3.63) is 83.7 Å². The highest BCUT2D eigenvalue weighted by molar-refractivity contribution is 5.89. The van der Waals surface area contributed by atoms with Crippen LogP contribution in [0.5, 0.6) is 11.5 Å². The van der Waals surface area contributed by atoms with Gasteiger partial charge in [-0.05, 0) is 47.9 Å². The van der Waals surface area contributed by atoms with Gasteiger partial charge in [0, 0.05) is 42.5 Å². The van der Waals surface area contributed by atoms with Crippen molar-refractivity contribution in [2.24, 2.45) is 0 Å². The maximum Gasteiger partial charge on any atom is 0.338 e. The molecule has 3 aromatic carbocycles. The molecular formula is C27H27FO5. The first-order chi connectivity index (χ1) is 15.9. The van der Waals surface area contributed by atoms with Gasteiger partial charge in [0.1, 0.15) is 17.3 Å². The van der Waals surface area contributed by atoms with Crippen LogP contribution in [0.4, 0.5) is 4.39 Å². The molecule has 0 spiro atoms. The van der Waals surface area contributed by atoms with E-state index in [0.717, 1.165) is 16.7 Å². The lowest BCUT2D eigenvalue weighted by Crippen LogP contribution is -2.12. The van der Waals surface area contributed by atoms with Crippen LogP contribution in [0.3, 0.4) is 0 Å². The number of ether oxygens (including phenoxy) is 4. The summed E-state index contributed by atoms with van der Waals surface area (Å²) in [4.78, 5) is 12.2. The highest BCUT2D eigenvalue weighted by atomic mass is 19.1. The first-order valence-electron chi connectivity index (χ1n) is 10.3. The van der Waals surface area contributed by atoms with E-state index in [-0.39, 0.29) is 19.0 Å². The van der Waals surface area contributed by atoms with Crippen molar-refractivity contribution in [2.45, 2.75) is 20.1 Å². The van der Waals surface area contributed by atoms with E-state index in [1.54, 1.807) is 33.3 Å². The molecule has 0 aliphatic heterocycles. The minimum Gasteiger partial charge on any atom is -0.497 e. The van der Waals surface area contributed by atoms with Crippen molar-refractivity contribution >= 4 is 5.97 Å². The van der Waals surface area contributed by atoms with Crippen LogP contribution in [0.2, 0.25) is 0 Å². The molecule has 0 aliphatic rings. The second-order valence-electron chi connectivity index (χ2n) is 7.58. The molecule has 172 valence electrons. The molecule has 5 nitrogen and oxygen atoms in total. The number of rotatable bonds is 9. The lowest BCUT2D eigenvalue weighted by atomic mass is 9.96. The van der Waals surface area contributed by atoms with E-state index in [1.807, 2.05) is 36.4 Å². The average Bonchev–Trinajstić information content (AvgIpc) is 2.81. The van der Waals surface area contributed by atoms with Gasteiger partial charge in [-0.15, -0.1) is 0 Å². The number of hydrogen-bond acceptors (Lipinski definition) is 5. The number of carbonyl (C=O) groups excluding carboxylic acids is 1. The van der Waals surface area contributed by atoms with Gasteiger partial charge in [0.25, 0.3) is 0 Å². The van der Waals surface area contributed by atoms with E-state index in [0.29, 0.717) is 33.8 Å². The van der Waals surface area contributed by atoms with Gasteiger partial charge in [0.05, 0.1) is 20.3 Å². The van der Waals surface area contributed by atoms with E-state index in [2.05, 4.69) is 6.58 Å². The molecule has 0 unspecified atom stereocenters. The molecule has 0 N–H and O–H groups in total. The summed E-state index contributed by atoms with van der Waals surface area (Å²) < 4.78 is 35.8. The highest BCUT2D eigenvalue weighted by Crippen LogP contribution is 2.34. The van der Waals surface area contributed by atoms with Crippen molar-refractivity contribution in [2.75, 3.05) is 21.3 Å². The topological polar surface area (TPSA) is 54.0 Å². The molecule has 0 aromatic heterocycles. The Morgan fingerprint density at radius 2 is 1.42 bits per heavy atom. The van der Waals surface area contributed by atoms with E-state index in [1.165, 1.54) is 13.2 Å². The van der Waals surface area contributed by atoms with Crippen LogP contribution in [-0.2, 0) is 27.5 Å². The Kier molecular flexibility index (Phi) is 7.98. The van der Waals surface area contributed by atoms with E-state index in [9.17, 15) is 9.18 Å². The van der Waals surface area contributed by atoms with Crippen LogP contribution < -0.4 is 9.47 Å². The molecule has 6 heteroatoms. The van der Waals surface area contributed by atoms with E-state index >= 15 is 0 Å². The third-order valence-corrected chi connectivity index (χ3v) is 5.09. The lowest BCUT2D eigenvalue weighted by molar-refractivity contribution is -0.130. The number of hydrogen-bond donors (Lipinski definition) is 0. The van der Waals surface area contributed by atoms with Crippen molar-refractivity contribution in [3.63, 3.8) is 0 Å². The second kappa shape index (κ2) is 10.9.